The Bertz CT molecular complexity index is 166. The molecule has 0 spiro atoms. The van der Waals surface area contributed by atoms with Crippen LogP contribution in [-0.2, 0) is 0 Å². The van der Waals surface area contributed by atoms with Gasteiger partial charge in [-0.25, -0.2) is 0 Å². The molecule has 1 fully saturated rings. The van der Waals surface area contributed by atoms with E-state index in [1.807, 2.05) is 0 Å². The van der Waals surface area contributed by atoms with Gasteiger partial charge in [-0.05, 0) is 5.54 Å². The van der Waals surface area contributed by atoms with Crippen molar-refractivity contribution in [1.82, 2.24) is 0 Å². The number of rotatable bonds is 3. The first kappa shape index (κ1) is 16.8. The predicted octanol–water partition coefficient (Wildman–Crippen LogP) is 4.96. The molecule has 0 aromatic heterocycles. The van der Waals surface area contributed by atoms with E-state index in [2.05, 4.69) is 20.8 Å². The summed E-state index contributed by atoms with van der Waals surface area (Å²) < 4.78 is 0. The van der Waals surface area contributed by atoms with E-state index in [1.165, 1.54) is 32.1 Å². The monoisotopic (exact) mass is 234 g/mol. The molecule has 0 bridgehead atoms. The zero-order valence-corrected chi connectivity index (χ0v) is 12.1. The van der Waals surface area contributed by atoms with Crippen molar-refractivity contribution in [3.8, 4) is 0 Å². The third kappa shape index (κ3) is 4.24. The van der Waals surface area contributed by atoms with Gasteiger partial charge in [0, 0.05) is 0 Å². The number of hydrogen-bond acceptors (Lipinski definition) is 0. The molecule has 16 heavy (non-hydrogen) atoms. The maximum atomic E-state index is 2.48. The average Bonchev–Trinajstić information content (AvgIpc) is 2.38. The van der Waals surface area contributed by atoms with Gasteiger partial charge in [-0.15, -0.1) is 0 Å². The SMILES string of the molecule is CCC1CCCCCCC[Si]1(CC)CC.[LiH]. The van der Waals surface area contributed by atoms with E-state index in [1.54, 1.807) is 31.0 Å². The first-order chi connectivity index (χ1) is 7.29. The van der Waals surface area contributed by atoms with Crippen LogP contribution in [-0.4, -0.2) is 26.9 Å². The zero-order chi connectivity index (χ0) is 11.1. The number of hydrogen-bond donors (Lipinski definition) is 0. The van der Waals surface area contributed by atoms with E-state index in [0.717, 1.165) is 5.54 Å². The molecule has 0 amide bonds. The second-order valence-electron chi connectivity index (χ2n) is 5.48. The van der Waals surface area contributed by atoms with Gasteiger partial charge in [0.1, 0.15) is 0 Å². The summed E-state index contributed by atoms with van der Waals surface area (Å²) in [4.78, 5) is 0. The Kier molecular flexibility index (Phi) is 9.29. The molecule has 1 atom stereocenters. The average molecular weight is 234 g/mol. The van der Waals surface area contributed by atoms with Crippen molar-refractivity contribution in [1.29, 1.82) is 0 Å². The van der Waals surface area contributed by atoms with Crippen LogP contribution in [0.2, 0.25) is 23.7 Å². The van der Waals surface area contributed by atoms with Gasteiger partial charge in [0.2, 0.25) is 0 Å². The van der Waals surface area contributed by atoms with Gasteiger partial charge < -0.3 is 0 Å². The van der Waals surface area contributed by atoms with E-state index in [0.29, 0.717) is 0 Å². The van der Waals surface area contributed by atoms with Crippen molar-refractivity contribution in [2.45, 2.75) is 89.4 Å². The molecule has 1 unspecified atom stereocenters. The molecular formula is C14H31LiSi. The predicted molar refractivity (Wildman–Crippen MR) is 80.4 cm³/mol. The van der Waals surface area contributed by atoms with Gasteiger partial charge in [0.25, 0.3) is 0 Å². The molecule has 0 aliphatic carbocycles. The second-order valence-corrected chi connectivity index (χ2v) is 10.9. The Morgan fingerprint density at radius 1 is 0.875 bits per heavy atom. The van der Waals surface area contributed by atoms with Crippen LogP contribution >= 0.6 is 0 Å². The first-order valence-electron chi connectivity index (χ1n) is 7.29. The molecule has 2 heteroatoms. The maximum absolute atomic E-state index is 2.48. The fourth-order valence-electron chi connectivity index (χ4n) is 3.73. The molecule has 0 aromatic rings. The van der Waals surface area contributed by atoms with E-state index >= 15 is 0 Å². The van der Waals surface area contributed by atoms with Crippen molar-refractivity contribution in [2.75, 3.05) is 0 Å². The third-order valence-corrected chi connectivity index (χ3v) is 11.6. The van der Waals surface area contributed by atoms with Gasteiger partial charge >= 0.3 is 18.9 Å². The van der Waals surface area contributed by atoms with Crippen molar-refractivity contribution in [3.05, 3.63) is 0 Å². The van der Waals surface area contributed by atoms with E-state index in [4.69, 9.17) is 0 Å². The molecule has 0 saturated carbocycles. The Hall–Kier alpha value is 0.814. The summed E-state index contributed by atoms with van der Waals surface area (Å²) >= 11 is 0. The molecule has 0 N–H and O–H groups in total. The Balaban J connectivity index is 0.00000225. The second kappa shape index (κ2) is 8.84. The van der Waals surface area contributed by atoms with E-state index < -0.39 is 8.07 Å². The molecule has 92 valence electrons. The van der Waals surface area contributed by atoms with Crippen molar-refractivity contribution in [3.63, 3.8) is 0 Å². The van der Waals surface area contributed by atoms with Crippen molar-refractivity contribution in [2.24, 2.45) is 0 Å². The van der Waals surface area contributed by atoms with Crippen LogP contribution < -0.4 is 0 Å². The van der Waals surface area contributed by atoms with E-state index in [9.17, 15) is 0 Å². The topological polar surface area (TPSA) is 0 Å². The molecule has 1 aliphatic heterocycles. The zero-order valence-electron chi connectivity index (χ0n) is 11.1. The minimum atomic E-state index is -0.875. The van der Waals surface area contributed by atoms with Gasteiger partial charge in [-0.3, -0.25) is 0 Å². The van der Waals surface area contributed by atoms with Gasteiger partial charge in [-0.1, -0.05) is 83.8 Å². The van der Waals surface area contributed by atoms with Gasteiger partial charge in [-0.2, -0.15) is 0 Å². The standard InChI is InChI=1S/C14H30Si.Li.H/c1-4-14-12-10-8-7-9-11-13-15(14,5-2)6-3;;/h14H,4-13H2,1-3H3;;. The van der Waals surface area contributed by atoms with Crippen LogP contribution in [0.1, 0.15) is 65.7 Å². The summed E-state index contributed by atoms with van der Waals surface area (Å²) in [5.41, 5.74) is 1.14. The fourth-order valence-corrected chi connectivity index (χ4v) is 9.13. The van der Waals surface area contributed by atoms with Crippen LogP contribution in [0.4, 0.5) is 0 Å². The first-order valence-corrected chi connectivity index (χ1v) is 9.99. The van der Waals surface area contributed by atoms with Crippen LogP contribution in [0.3, 0.4) is 0 Å². The quantitative estimate of drug-likeness (QED) is 0.605. The van der Waals surface area contributed by atoms with Crippen LogP contribution in [0.15, 0.2) is 0 Å². The fraction of sp³-hybridized carbons (Fsp3) is 1.00. The summed E-state index contributed by atoms with van der Waals surface area (Å²) in [5.74, 6) is 0. The molecule has 1 heterocycles. The Labute approximate surface area is 116 Å². The molecular weight excluding hydrogens is 203 g/mol. The van der Waals surface area contributed by atoms with Crippen molar-refractivity contribution < 1.29 is 0 Å². The normalized spacial score (nSPS) is 26.1. The molecule has 0 aromatic carbocycles. The van der Waals surface area contributed by atoms with Gasteiger partial charge in [0.15, 0.2) is 0 Å². The molecule has 1 rings (SSSR count). The van der Waals surface area contributed by atoms with Gasteiger partial charge in [0.05, 0.1) is 8.07 Å². The summed E-state index contributed by atoms with van der Waals surface area (Å²) in [6.45, 7) is 7.40. The summed E-state index contributed by atoms with van der Waals surface area (Å²) in [6.07, 6.45) is 10.6. The van der Waals surface area contributed by atoms with Crippen LogP contribution in [0.5, 0.6) is 0 Å². The summed E-state index contributed by atoms with van der Waals surface area (Å²) in [7, 11) is -0.875. The molecule has 0 nitrogen and oxygen atoms in total. The summed E-state index contributed by atoms with van der Waals surface area (Å²) in [5, 5.41) is 0. The molecule has 1 aliphatic rings. The molecule has 1 saturated heterocycles. The van der Waals surface area contributed by atoms with Crippen LogP contribution in [0, 0.1) is 0 Å². The third-order valence-electron chi connectivity index (χ3n) is 4.99. The van der Waals surface area contributed by atoms with E-state index in [-0.39, 0.29) is 18.9 Å². The Morgan fingerprint density at radius 3 is 2.00 bits per heavy atom. The van der Waals surface area contributed by atoms with Crippen LogP contribution in [0.25, 0.3) is 0 Å². The summed E-state index contributed by atoms with van der Waals surface area (Å²) in [6, 6.07) is 4.72. The Morgan fingerprint density at radius 2 is 1.44 bits per heavy atom. The van der Waals surface area contributed by atoms with Crippen molar-refractivity contribution >= 4 is 26.9 Å². The minimum absolute atomic E-state index is 0. The molecule has 0 radical (unpaired) electrons.